The van der Waals surface area contributed by atoms with Gasteiger partial charge >= 0.3 is 0 Å². The third-order valence-electron chi connectivity index (χ3n) is 4.60. The van der Waals surface area contributed by atoms with Crippen molar-refractivity contribution in [1.82, 2.24) is 4.90 Å². The maximum atomic E-state index is 12.5. The van der Waals surface area contributed by atoms with E-state index in [0.717, 1.165) is 32.4 Å². The number of ether oxygens (including phenoxy) is 2. The Labute approximate surface area is 125 Å². The number of fused-ring (bicyclic) bond motifs is 1. The van der Waals surface area contributed by atoms with Crippen molar-refractivity contribution in [1.29, 1.82) is 0 Å². The van der Waals surface area contributed by atoms with Crippen LogP contribution in [0.1, 0.15) is 36.7 Å². The highest BCUT2D eigenvalue weighted by atomic mass is 16.5. The molecule has 3 heterocycles. The number of furan rings is 1. The fourth-order valence-corrected chi connectivity index (χ4v) is 3.54. The first-order chi connectivity index (χ1) is 10.2. The average Bonchev–Trinajstić information content (AvgIpc) is 3.06. The molecule has 3 rings (SSSR count). The third-order valence-corrected chi connectivity index (χ3v) is 4.60. The Hall–Kier alpha value is -1.33. The summed E-state index contributed by atoms with van der Waals surface area (Å²) >= 11 is 0. The largest absolute Gasteiger partial charge is 0.459 e. The first-order valence-electron chi connectivity index (χ1n) is 7.77. The molecule has 2 fully saturated rings. The minimum Gasteiger partial charge on any atom is -0.459 e. The Morgan fingerprint density at radius 3 is 3.24 bits per heavy atom. The fourth-order valence-electron chi connectivity index (χ4n) is 3.54. The van der Waals surface area contributed by atoms with Crippen molar-refractivity contribution in [2.45, 2.75) is 32.3 Å². The second kappa shape index (κ2) is 6.20. The molecule has 0 unspecified atom stereocenters. The number of likely N-dealkylation sites (tertiary alicyclic amines) is 1. The van der Waals surface area contributed by atoms with Crippen molar-refractivity contribution in [2.75, 3.05) is 32.9 Å². The quantitative estimate of drug-likeness (QED) is 0.855. The van der Waals surface area contributed by atoms with Gasteiger partial charge in [0.2, 0.25) is 0 Å². The van der Waals surface area contributed by atoms with Crippen molar-refractivity contribution < 1.29 is 18.7 Å². The number of hydrogen-bond acceptors (Lipinski definition) is 4. The van der Waals surface area contributed by atoms with Crippen LogP contribution in [0.4, 0.5) is 0 Å². The molecule has 2 aliphatic rings. The lowest BCUT2D eigenvalue weighted by atomic mass is 9.73. The maximum absolute atomic E-state index is 12.5. The standard InChI is InChI=1S/C16H23NO4/c1-2-19-12-16-7-4-10-21-14(16)6-8-17(11-16)15(18)13-5-3-9-20-13/h3,5,9,14H,2,4,6-8,10-12H2,1H3/t14-,16-/m0/s1. The SMILES string of the molecule is CCOC[C@@]12CCCO[C@H]1CCN(C(=O)c1ccco1)C2. The second-order valence-corrected chi connectivity index (χ2v) is 5.96. The smallest absolute Gasteiger partial charge is 0.289 e. The Kier molecular flexibility index (Phi) is 4.31. The van der Waals surface area contributed by atoms with Crippen LogP contribution >= 0.6 is 0 Å². The molecule has 1 aromatic heterocycles. The molecule has 21 heavy (non-hydrogen) atoms. The van der Waals surface area contributed by atoms with E-state index in [-0.39, 0.29) is 17.4 Å². The van der Waals surface area contributed by atoms with Crippen molar-refractivity contribution in [3.8, 4) is 0 Å². The van der Waals surface area contributed by atoms with Crippen molar-refractivity contribution in [2.24, 2.45) is 5.41 Å². The van der Waals surface area contributed by atoms with E-state index in [1.54, 1.807) is 18.4 Å². The molecular weight excluding hydrogens is 270 g/mol. The van der Waals surface area contributed by atoms with Gasteiger partial charge < -0.3 is 18.8 Å². The van der Waals surface area contributed by atoms with Crippen LogP contribution in [0.2, 0.25) is 0 Å². The summed E-state index contributed by atoms with van der Waals surface area (Å²) in [7, 11) is 0. The van der Waals surface area contributed by atoms with Crippen molar-refractivity contribution in [3.63, 3.8) is 0 Å². The summed E-state index contributed by atoms with van der Waals surface area (Å²) in [5.74, 6) is 0.386. The van der Waals surface area contributed by atoms with Crippen LogP contribution in [0.25, 0.3) is 0 Å². The van der Waals surface area contributed by atoms with Gasteiger partial charge in [-0.05, 0) is 38.3 Å². The zero-order valence-corrected chi connectivity index (χ0v) is 12.5. The minimum atomic E-state index is -0.0608. The molecule has 5 nitrogen and oxygen atoms in total. The van der Waals surface area contributed by atoms with Gasteiger partial charge in [0.1, 0.15) is 0 Å². The Balaban J connectivity index is 1.76. The predicted octanol–water partition coefficient (Wildman–Crippen LogP) is 2.33. The molecule has 0 saturated carbocycles. The molecule has 0 spiro atoms. The van der Waals surface area contributed by atoms with Crippen LogP contribution in [-0.4, -0.2) is 49.8 Å². The average molecular weight is 293 g/mol. The molecule has 116 valence electrons. The molecule has 1 aromatic rings. The molecule has 0 aromatic carbocycles. The zero-order valence-electron chi connectivity index (χ0n) is 12.5. The van der Waals surface area contributed by atoms with E-state index in [0.29, 0.717) is 25.5 Å². The first kappa shape index (κ1) is 14.6. The highest BCUT2D eigenvalue weighted by Crippen LogP contribution is 2.40. The summed E-state index contributed by atoms with van der Waals surface area (Å²) in [5.41, 5.74) is -0.0608. The molecule has 2 aliphatic heterocycles. The number of nitrogens with zero attached hydrogens (tertiary/aromatic N) is 1. The van der Waals surface area contributed by atoms with Crippen molar-refractivity contribution in [3.05, 3.63) is 24.2 Å². The van der Waals surface area contributed by atoms with Gasteiger partial charge in [0.15, 0.2) is 5.76 Å². The molecule has 5 heteroatoms. The Morgan fingerprint density at radius 1 is 1.57 bits per heavy atom. The Bertz CT molecular complexity index is 473. The fraction of sp³-hybridized carbons (Fsp3) is 0.688. The van der Waals surface area contributed by atoms with Gasteiger partial charge in [-0.2, -0.15) is 0 Å². The van der Waals surface area contributed by atoms with E-state index in [1.807, 2.05) is 11.8 Å². The second-order valence-electron chi connectivity index (χ2n) is 5.96. The van der Waals surface area contributed by atoms with Gasteiger partial charge in [-0.3, -0.25) is 4.79 Å². The van der Waals surface area contributed by atoms with Crippen LogP contribution in [0.3, 0.4) is 0 Å². The van der Waals surface area contributed by atoms with Crippen LogP contribution in [0.15, 0.2) is 22.8 Å². The van der Waals surface area contributed by atoms with Crippen LogP contribution in [-0.2, 0) is 9.47 Å². The van der Waals surface area contributed by atoms with E-state index >= 15 is 0 Å². The lowest BCUT2D eigenvalue weighted by Gasteiger charge is -2.50. The van der Waals surface area contributed by atoms with Crippen LogP contribution < -0.4 is 0 Å². The van der Waals surface area contributed by atoms with Gasteiger partial charge in [-0.1, -0.05) is 0 Å². The van der Waals surface area contributed by atoms with Gasteiger partial charge in [-0.15, -0.1) is 0 Å². The summed E-state index contributed by atoms with van der Waals surface area (Å²) in [4.78, 5) is 14.4. The van der Waals surface area contributed by atoms with Crippen molar-refractivity contribution >= 4 is 5.91 Å². The summed E-state index contributed by atoms with van der Waals surface area (Å²) in [6, 6.07) is 3.47. The highest BCUT2D eigenvalue weighted by molar-refractivity contribution is 5.91. The molecule has 0 radical (unpaired) electrons. The van der Waals surface area contributed by atoms with Gasteiger partial charge in [0, 0.05) is 31.7 Å². The highest BCUT2D eigenvalue weighted by Gasteiger charge is 2.47. The monoisotopic (exact) mass is 293 g/mol. The summed E-state index contributed by atoms with van der Waals surface area (Å²) < 4.78 is 16.9. The van der Waals surface area contributed by atoms with E-state index in [1.165, 1.54) is 0 Å². The van der Waals surface area contributed by atoms with Crippen LogP contribution in [0, 0.1) is 5.41 Å². The van der Waals surface area contributed by atoms with E-state index in [2.05, 4.69) is 0 Å². The number of carbonyl (C=O) groups excluding carboxylic acids is 1. The molecule has 2 saturated heterocycles. The van der Waals surface area contributed by atoms with Crippen LogP contribution in [0.5, 0.6) is 0 Å². The zero-order chi connectivity index (χ0) is 14.7. The predicted molar refractivity (Wildman–Crippen MR) is 77.1 cm³/mol. The molecule has 0 N–H and O–H groups in total. The number of amides is 1. The van der Waals surface area contributed by atoms with Gasteiger partial charge in [0.05, 0.1) is 19.0 Å². The molecule has 0 aliphatic carbocycles. The number of rotatable bonds is 4. The van der Waals surface area contributed by atoms with Gasteiger partial charge in [-0.25, -0.2) is 0 Å². The molecule has 0 bridgehead atoms. The van der Waals surface area contributed by atoms with Gasteiger partial charge in [0.25, 0.3) is 5.91 Å². The lowest BCUT2D eigenvalue weighted by molar-refractivity contribution is -0.146. The first-order valence-corrected chi connectivity index (χ1v) is 7.77. The van der Waals surface area contributed by atoms with E-state index < -0.39 is 0 Å². The van der Waals surface area contributed by atoms with E-state index in [4.69, 9.17) is 13.9 Å². The lowest BCUT2D eigenvalue weighted by Crippen LogP contribution is -2.58. The van der Waals surface area contributed by atoms with E-state index in [9.17, 15) is 4.79 Å². The number of carbonyl (C=O) groups is 1. The minimum absolute atomic E-state index is 0.0279. The third kappa shape index (κ3) is 2.85. The maximum Gasteiger partial charge on any atom is 0.289 e. The summed E-state index contributed by atoms with van der Waals surface area (Å²) in [6.07, 6.45) is 4.71. The number of piperidine rings is 1. The molecular formula is C16H23NO4. The molecule has 1 amide bonds. The molecule has 2 atom stereocenters. The normalized spacial score (nSPS) is 29.2. The Morgan fingerprint density at radius 2 is 2.48 bits per heavy atom. The summed E-state index contributed by atoms with van der Waals surface area (Å²) in [6.45, 7) is 5.60. The number of hydrogen-bond donors (Lipinski definition) is 0. The topological polar surface area (TPSA) is 51.9 Å². The summed E-state index contributed by atoms with van der Waals surface area (Å²) in [5, 5.41) is 0.